The van der Waals surface area contributed by atoms with Crippen LogP contribution < -0.4 is 0 Å². The molecule has 90 valence electrons. The molecule has 0 spiro atoms. The topological polar surface area (TPSA) is 9.23 Å². The van der Waals surface area contributed by atoms with Crippen LogP contribution in [0.25, 0.3) is 0 Å². The van der Waals surface area contributed by atoms with Crippen molar-refractivity contribution in [3.8, 4) is 0 Å². The van der Waals surface area contributed by atoms with Crippen molar-refractivity contribution in [3.05, 3.63) is 0 Å². The smallest absolute Gasteiger partial charge is 0.0598 e. The second kappa shape index (κ2) is 5.67. The second-order valence-electron chi connectivity index (χ2n) is 5.94. The van der Waals surface area contributed by atoms with E-state index in [-0.39, 0.29) is 5.60 Å². The van der Waals surface area contributed by atoms with Gasteiger partial charge in [-0.05, 0) is 58.3 Å². The van der Waals surface area contributed by atoms with Crippen LogP contribution in [0.4, 0.5) is 0 Å². The average molecular weight is 277 g/mol. The van der Waals surface area contributed by atoms with E-state index in [1.54, 1.807) is 0 Å². The van der Waals surface area contributed by atoms with Crippen LogP contribution in [0.3, 0.4) is 0 Å². The highest BCUT2D eigenvalue weighted by Crippen LogP contribution is 2.35. The summed E-state index contributed by atoms with van der Waals surface area (Å²) in [5.41, 5.74) is 0.0160. The van der Waals surface area contributed by atoms with E-state index in [0.717, 1.165) is 23.3 Å². The molecule has 0 amide bonds. The Kier molecular flexibility index (Phi) is 5.11. The van der Waals surface area contributed by atoms with Crippen molar-refractivity contribution in [2.24, 2.45) is 11.8 Å². The fourth-order valence-corrected chi connectivity index (χ4v) is 3.02. The first-order valence-corrected chi connectivity index (χ1v) is 7.08. The van der Waals surface area contributed by atoms with Crippen molar-refractivity contribution in [2.75, 3.05) is 6.61 Å². The lowest BCUT2D eigenvalue weighted by molar-refractivity contribution is -0.0114. The van der Waals surface area contributed by atoms with E-state index in [4.69, 9.17) is 4.74 Å². The summed E-state index contributed by atoms with van der Waals surface area (Å²) in [7, 11) is 0. The van der Waals surface area contributed by atoms with Crippen molar-refractivity contribution < 1.29 is 4.74 Å². The highest BCUT2D eigenvalue weighted by atomic mass is 79.9. The van der Waals surface area contributed by atoms with Crippen molar-refractivity contribution in [2.45, 2.75) is 63.8 Å². The second-order valence-corrected chi connectivity index (χ2v) is 7.12. The summed E-state index contributed by atoms with van der Waals surface area (Å²) in [6, 6.07) is 0. The van der Waals surface area contributed by atoms with Gasteiger partial charge in [0.2, 0.25) is 0 Å². The zero-order chi connectivity index (χ0) is 11.5. The van der Waals surface area contributed by atoms with E-state index >= 15 is 0 Å². The van der Waals surface area contributed by atoms with Crippen LogP contribution in [0.2, 0.25) is 0 Å². The lowest BCUT2D eigenvalue weighted by atomic mass is 9.81. The molecule has 1 fully saturated rings. The number of ether oxygens (including phenoxy) is 1. The summed E-state index contributed by atoms with van der Waals surface area (Å²) in [5, 5.41) is 0. The molecule has 1 aliphatic carbocycles. The minimum atomic E-state index is 0.0160. The molecule has 0 aliphatic heterocycles. The largest absolute Gasteiger partial charge is 0.376 e. The Morgan fingerprint density at radius 1 is 1.27 bits per heavy atom. The zero-order valence-corrected chi connectivity index (χ0v) is 12.1. The Hall–Kier alpha value is 0.440. The van der Waals surface area contributed by atoms with Gasteiger partial charge in [-0.2, -0.15) is 0 Å². The lowest BCUT2D eigenvalue weighted by Crippen LogP contribution is -2.27. The molecule has 2 heteroatoms. The van der Waals surface area contributed by atoms with Crippen molar-refractivity contribution >= 4 is 15.9 Å². The van der Waals surface area contributed by atoms with Crippen LogP contribution in [0, 0.1) is 11.8 Å². The molecular weight excluding hydrogens is 252 g/mol. The van der Waals surface area contributed by atoms with Gasteiger partial charge in [-0.1, -0.05) is 22.9 Å². The number of halogens is 1. The molecule has 0 aromatic rings. The molecule has 0 radical (unpaired) electrons. The van der Waals surface area contributed by atoms with Gasteiger partial charge in [0.15, 0.2) is 0 Å². The molecular formula is C13H25BrO. The Balaban J connectivity index is 2.24. The Morgan fingerprint density at radius 3 is 2.53 bits per heavy atom. The summed E-state index contributed by atoms with van der Waals surface area (Å²) < 4.78 is 5.79. The molecule has 1 rings (SSSR count). The van der Waals surface area contributed by atoms with Gasteiger partial charge >= 0.3 is 0 Å². The predicted octanol–water partition coefficient (Wildman–Crippen LogP) is 4.39. The SMILES string of the molecule is CC1CCC(Br)C(CCOC(C)(C)C)C1. The molecule has 1 nitrogen and oxygen atoms in total. The predicted molar refractivity (Wildman–Crippen MR) is 69.5 cm³/mol. The number of rotatable bonds is 3. The van der Waals surface area contributed by atoms with E-state index in [2.05, 4.69) is 43.6 Å². The first-order chi connectivity index (χ1) is 6.88. The molecule has 15 heavy (non-hydrogen) atoms. The summed E-state index contributed by atoms with van der Waals surface area (Å²) in [5.74, 6) is 1.72. The van der Waals surface area contributed by atoms with Gasteiger partial charge in [-0.3, -0.25) is 0 Å². The quantitative estimate of drug-likeness (QED) is 0.695. The minimum Gasteiger partial charge on any atom is -0.376 e. The molecule has 0 bridgehead atoms. The molecule has 0 heterocycles. The molecule has 3 atom stereocenters. The van der Waals surface area contributed by atoms with Gasteiger partial charge in [-0.25, -0.2) is 0 Å². The van der Waals surface area contributed by atoms with E-state index in [0.29, 0.717) is 0 Å². The highest BCUT2D eigenvalue weighted by Gasteiger charge is 2.26. The third kappa shape index (κ3) is 5.35. The van der Waals surface area contributed by atoms with Crippen molar-refractivity contribution in [3.63, 3.8) is 0 Å². The monoisotopic (exact) mass is 276 g/mol. The van der Waals surface area contributed by atoms with Gasteiger partial charge in [0.25, 0.3) is 0 Å². The standard InChI is InChI=1S/C13H25BrO/c1-10-5-6-12(14)11(9-10)7-8-15-13(2,3)4/h10-12H,5-9H2,1-4H3. The summed E-state index contributed by atoms with van der Waals surface area (Å²) >= 11 is 3.81. The fraction of sp³-hybridized carbons (Fsp3) is 1.00. The Morgan fingerprint density at radius 2 is 1.93 bits per heavy atom. The maximum absolute atomic E-state index is 5.79. The number of hydrogen-bond acceptors (Lipinski definition) is 1. The Labute approximate surface area is 103 Å². The summed E-state index contributed by atoms with van der Waals surface area (Å²) in [4.78, 5) is 0.720. The van der Waals surface area contributed by atoms with Crippen molar-refractivity contribution in [1.29, 1.82) is 0 Å². The van der Waals surface area contributed by atoms with E-state index in [9.17, 15) is 0 Å². The zero-order valence-electron chi connectivity index (χ0n) is 10.6. The fourth-order valence-electron chi connectivity index (χ4n) is 2.28. The third-order valence-corrected chi connectivity index (χ3v) is 4.38. The number of hydrogen-bond donors (Lipinski definition) is 0. The van der Waals surface area contributed by atoms with Gasteiger partial charge in [0.1, 0.15) is 0 Å². The Bertz CT molecular complexity index is 185. The normalized spacial score (nSPS) is 33.0. The highest BCUT2D eigenvalue weighted by molar-refractivity contribution is 9.09. The van der Waals surface area contributed by atoms with Crippen LogP contribution in [0.1, 0.15) is 53.4 Å². The van der Waals surface area contributed by atoms with Crippen LogP contribution in [0.15, 0.2) is 0 Å². The molecule has 0 N–H and O–H groups in total. The maximum Gasteiger partial charge on any atom is 0.0598 e. The molecule has 0 aromatic carbocycles. The molecule has 1 aliphatic rings. The van der Waals surface area contributed by atoms with E-state index in [1.807, 2.05) is 0 Å². The van der Waals surface area contributed by atoms with Crippen LogP contribution in [-0.2, 0) is 4.74 Å². The maximum atomic E-state index is 5.79. The van der Waals surface area contributed by atoms with Crippen LogP contribution >= 0.6 is 15.9 Å². The first kappa shape index (κ1) is 13.5. The average Bonchev–Trinajstić information content (AvgIpc) is 2.09. The first-order valence-electron chi connectivity index (χ1n) is 6.16. The summed E-state index contributed by atoms with van der Waals surface area (Å²) in [6.45, 7) is 9.66. The molecule has 1 saturated carbocycles. The van der Waals surface area contributed by atoms with E-state index < -0.39 is 0 Å². The van der Waals surface area contributed by atoms with Crippen molar-refractivity contribution in [1.82, 2.24) is 0 Å². The third-order valence-electron chi connectivity index (χ3n) is 3.18. The number of alkyl halides is 1. The van der Waals surface area contributed by atoms with Gasteiger partial charge in [-0.15, -0.1) is 0 Å². The van der Waals surface area contributed by atoms with E-state index in [1.165, 1.54) is 25.7 Å². The molecule has 0 aromatic heterocycles. The summed E-state index contributed by atoms with van der Waals surface area (Å²) in [6.07, 6.45) is 5.29. The van der Waals surface area contributed by atoms with Gasteiger partial charge in [0, 0.05) is 11.4 Å². The van der Waals surface area contributed by atoms with Crippen LogP contribution in [-0.4, -0.2) is 17.0 Å². The molecule has 3 unspecified atom stereocenters. The lowest BCUT2D eigenvalue weighted by Gasteiger charge is -2.32. The van der Waals surface area contributed by atoms with Gasteiger partial charge < -0.3 is 4.74 Å². The minimum absolute atomic E-state index is 0.0160. The van der Waals surface area contributed by atoms with Gasteiger partial charge in [0.05, 0.1) is 5.60 Å². The van der Waals surface area contributed by atoms with Crippen LogP contribution in [0.5, 0.6) is 0 Å². The molecule has 0 saturated heterocycles.